The van der Waals surface area contributed by atoms with Crippen molar-refractivity contribution in [3.63, 3.8) is 0 Å². The lowest BCUT2D eigenvalue weighted by Gasteiger charge is -2.23. The molecule has 1 nitrogen and oxygen atoms in total. The normalized spacial score (nSPS) is 14.1. The Hall–Kier alpha value is -1.60. The molecule has 2 aromatic carbocycles. The zero-order valence-electron chi connectivity index (χ0n) is 13.2. The van der Waals surface area contributed by atoms with E-state index in [9.17, 15) is 0 Å². The maximum atomic E-state index is 3.72. The molecule has 20 heavy (non-hydrogen) atoms. The average molecular weight is 267 g/mol. The van der Waals surface area contributed by atoms with Crippen LogP contribution in [0.5, 0.6) is 0 Å². The van der Waals surface area contributed by atoms with Gasteiger partial charge >= 0.3 is 0 Å². The Kier molecular flexibility index (Phi) is 4.61. The topological polar surface area (TPSA) is 12.0 Å². The molecule has 2 atom stereocenters. The Morgan fingerprint density at radius 2 is 1.35 bits per heavy atom. The van der Waals surface area contributed by atoms with Gasteiger partial charge in [0.25, 0.3) is 0 Å². The molecule has 2 aromatic rings. The molecule has 0 fully saturated rings. The minimum absolute atomic E-state index is 0.351. The Morgan fingerprint density at radius 3 is 2.05 bits per heavy atom. The molecule has 1 heteroatoms. The number of nitrogens with one attached hydrogen (secondary N) is 1. The molecule has 1 N–H and O–H groups in total. The second kappa shape index (κ2) is 6.23. The third-order valence-electron chi connectivity index (χ3n) is 4.06. The van der Waals surface area contributed by atoms with Crippen molar-refractivity contribution >= 4 is 0 Å². The van der Waals surface area contributed by atoms with Crippen molar-refractivity contribution in [2.45, 2.75) is 46.7 Å². The Bertz CT molecular complexity index is 586. The molecule has 0 aromatic heterocycles. The molecule has 2 rings (SSSR count). The van der Waals surface area contributed by atoms with Gasteiger partial charge in [-0.05, 0) is 56.9 Å². The van der Waals surface area contributed by atoms with Crippen molar-refractivity contribution in [1.82, 2.24) is 5.32 Å². The molecule has 0 aliphatic heterocycles. The fourth-order valence-corrected chi connectivity index (χ4v) is 2.85. The lowest BCUT2D eigenvalue weighted by molar-refractivity contribution is 0.491. The van der Waals surface area contributed by atoms with Crippen LogP contribution in [-0.2, 0) is 0 Å². The van der Waals surface area contributed by atoms with Crippen molar-refractivity contribution in [3.05, 3.63) is 70.3 Å². The highest BCUT2D eigenvalue weighted by Crippen LogP contribution is 2.24. The third kappa shape index (κ3) is 3.29. The first-order valence-electron chi connectivity index (χ1n) is 7.37. The lowest BCUT2D eigenvalue weighted by Crippen LogP contribution is -2.23. The fourth-order valence-electron chi connectivity index (χ4n) is 2.85. The molecule has 0 saturated carbocycles. The monoisotopic (exact) mass is 267 g/mol. The molecule has 0 aliphatic rings. The van der Waals surface area contributed by atoms with Crippen LogP contribution in [0.2, 0.25) is 0 Å². The molecule has 1 unspecified atom stereocenters. The van der Waals surface area contributed by atoms with Gasteiger partial charge in [-0.25, -0.2) is 0 Å². The van der Waals surface area contributed by atoms with E-state index in [1.165, 1.54) is 27.8 Å². The van der Waals surface area contributed by atoms with Crippen LogP contribution in [0.15, 0.2) is 42.5 Å². The van der Waals surface area contributed by atoms with Crippen molar-refractivity contribution in [3.8, 4) is 0 Å². The molecule has 0 aliphatic carbocycles. The average Bonchev–Trinajstić information content (AvgIpc) is 2.41. The van der Waals surface area contributed by atoms with Gasteiger partial charge in [-0.2, -0.15) is 0 Å². The largest absolute Gasteiger partial charge is 0.304 e. The third-order valence-corrected chi connectivity index (χ3v) is 4.06. The summed E-state index contributed by atoms with van der Waals surface area (Å²) in [5.41, 5.74) is 6.80. The quantitative estimate of drug-likeness (QED) is 0.819. The van der Waals surface area contributed by atoms with E-state index >= 15 is 0 Å². The number of rotatable bonds is 4. The molecular formula is C19H25N. The smallest absolute Gasteiger partial charge is 0.0300 e. The van der Waals surface area contributed by atoms with Crippen LogP contribution in [0.1, 0.15) is 53.7 Å². The summed E-state index contributed by atoms with van der Waals surface area (Å²) in [5.74, 6) is 0. The number of hydrogen-bond acceptors (Lipinski definition) is 1. The van der Waals surface area contributed by atoms with E-state index in [2.05, 4.69) is 82.4 Å². The van der Waals surface area contributed by atoms with E-state index in [4.69, 9.17) is 0 Å². The van der Waals surface area contributed by atoms with Gasteiger partial charge in [-0.3, -0.25) is 0 Å². The van der Waals surface area contributed by atoms with Crippen LogP contribution in [0, 0.1) is 20.8 Å². The highest BCUT2D eigenvalue weighted by atomic mass is 14.9. The summed E-state index contributed by atoms with van der Waals surface area (Å²) < 4.78 is 0. The SMILES string of the molecule is Cc1ccc(C)c(C(C)N[C@H](C)c2ccccc2C)c1. The molecule has 0 saturated heterocycles. The molecule has 0 radical (unpaired) electrons. The van der Waals surface area contributed by atoms with Crippen molar-refractivity contribution in [1.29, 1.82) is 0 Å². The van der Waals surface area contributed by atoms with E-state index < -0.39 is 0 Å². The number of benzene rings is 2. The molecule has 0 spiro atoms. The van der Waals surface area contributed by atoms with Crippen LogP contribution in [0.3, 0.4) is 0 Å². The van der Waals surface area contributed by atoms with E-state index in [0.29, 0.717) is 12.1 Å². The van der Waals surface area contributed by atoms with E-state index in [0.717, 1.165) is 0 Å². The maximum Gasteiger partial charge on any atom is 0.0300 e. The number of hydrogen-bond donors (Lipinski definition) is 1. The van der Waals surface area contributed by atoms with E-state index in [1.54, 1.807) is 0 Å². The lowest BCUT2D eigenvalue weighted by atomic mass is 9.97. The minimum Gasteiger partial charge on any atom is -0.304 e. The van der Waals surface area contributed by atoms with Gasteiger partial charge in [-0.1, -0.05) is 48.0 Å². The fraction of sp³-hybridized carbons (Fsp3) is 0.368. The van der Waals surface area contributed by atoms with E-state index in [1.807, 2.05) is 0 Å². The second-order valence-electron chi connectivity index (χ2n) is 5.83. The van der Waals surface area contributed by atoms with Crippen LogP contribution in [0.4, 0.5) is 0 Å². The van der Waals surface area contributed by atoms with Crippen molar-refractivity contribution in [2.24, 2.45) is 0 Å². The van der Waals surface area contributed by atoms with Crippen molar-refractivity contribution < 1.29 is 0 Å². The van der Waals surface area contributed by atoms with Crippen LogP contribution >= 0.6 is 0 Å². The molecular weight excluding hydrogens is 242 g/mol. The predicted molar refractivity (Wildman–Crippen MR) is 87.1 cm³/mol. The van der Waals surface area contributed by atoms with Gasteiger partial charge in [0.05, 0.1) is 0 Å². The van der Waals surface area contributed by atoms with Gasteiger partial charge in [-0.15, -0.1) is 0 Å². The van der Waals surface area contributed by atoms with Gasteiger partial charge in [0, 0.05) is 12.1 Å². The standard InChI is InChI=1S/C19H25N/c1-13-10-11-15(3)19(12-13)17(5)20-16(4)18-9-7-6-8-14(18)2/h6-12,16-17,20H,1-5H3/t16-,17?/m1/s1. The van der Waals surface area contributed by atoms with Crippen molar-refractivity contribution in [2.75, 3.05) is 0 Å². The summed E-state index contributed by atoms with van der Waals surface area (Å²) in [6, 6.07) is 16.0. The summed E-state index contributed by atoms with van der Waals surface area (Å²) >= 11 is 0. The minimum atomic E-state index is 0.351. The molecule has 0 amide bonds. The van der Waals surface area contributed by atoms with E-state index in [-0.39, 0.29) is 0 Å². The summed E-state index contributed by atoms with van der Waals surface area (Å²) in [5, 5.41) is 3.72. The molecule has 106 valence electrons. The van der Waals surface area contributed by atoms with Gasteiger partial charge in [0.2, 0.25) is 0 Å². The van der Waals surface area contributed by atoms with Crippen LogP contribution in [-0.4, -0.2) is 0 Å². The highest BCUT2D eigenvalue weighted by Gasteiger charge is 2.14. The Balaban J connectivity index is 2.17. The first-order chi connectivity index (χ1) is 9.49. The Labute approximate surface area is 123 Å². The highest BCUT2D eigenvalue weighted by molar-refractivity contribution is 5.33. The summed E-state index contributed by atoms with van der Waals surface area (Å²) in [7, 11) is 0. The first-order valence-corrected chi connectivity index (χ1v) is 7.37. The molecule has 0 bridgehead atoms. The van der Waals surface area contributed by atoms with Crippen LogP contribution < -0.4 is 5.32 Å². The van der Waals surface area contributed by atoms with Crippen LogP contribution in [0.25, 0.3) is 0 Å². The van der Waals surface area contributed by atoms with Gasteiger partial charge in [0.1, 0.15) is 0 Å². The zero-order valence-corrected chi connectivity index (χ0v) is 13.2. The summed E-state index contributed by atoms with van der Waals surface area (Å²) in [6.07, 6.45) is 0. The van der Waals surface area contributed by atoms with Gasteiger partial charge in [0.15, 0.2) is 0 Å². The zero-order chi connectivity index (χ0) is 14.7. The summed E-state index contributed by atoms with van der Waals surface area (Å²) in [4.78, 5) is 0. The Morgan fingerprint density at radius 1 is 0.750 bits per heavy atom. The summed E-state index contributed by atoms with van der Waals surface area (Å²) in [6.45, 7) is 11.0. The predicted octanol–water partition coefficient (Wildman–Crippen LogP) is 5.02. The molecule has 0 heterocycles. The first kappa shape index (κ1) is 14.8. The van der Waals surface area contributed by atoms with Gasteiger partial charge < -0.3 is 5.32 Å². The number of aryl methyl sites for hydroxylation is 3. The second-order valence-corrected chi connectivity index (χ2v) is 5.83. The maximum absolute atomic E-state index is 3.72.